The fraction of sp³-hybridized carbons (Fsp3) is 0.100. The second-order valence-corrected chi connectivity index (χ2v) is 12.2. The molecular weight excluding hydrogens is 508 g/mol. The molecule has 9 rings (SSSR count). The van der Waals surface area contributed by atoms with E-state index in [0.717, 1.165) is 0 Å². The number of hydrogen-bond acceptors (Lipinski definition) is 0. The fourth-order valence-electron chi connectivity index (χ4n) is 7.91. The van der Waals surface area contributed by atoms with Gasteiger partial charge in [-0.15, -0.1) is 0 Å². The molecule has 8 aromatic rings. The van der Waals surface area contributed by atoms with Gasteiger partial charge in [0.25, 0.3) is 0 Å². The van der Waals surface area contributed by atoms with Gasteiger partial charge in [0.15, 0.2) is 0 Å². The molecule has 2 N–H and O–H groups in total. The number of para-hydroxylation sites is 2. The summed E-state index contributed by atoms with van der Waals surface area (Å²) in [5.74, 6) is 0. The Morgan fingerprint density at radius 1 is 0.357 bits per heavy atom. The number of aromatic amines is 2. The van der Waals surface area contributed by atoms with Gasteiger partial charge in [-0.25, -0.2) is 0 Å². The molecule has 0 aliphatic heterocycles. The molecule has 1 aliphatic carbocycles. The Balaban J connectivity index is 1.50. The number of fused-ring (bicyclic) bond motifs is 8. The van der Waals surface area contributed by atoms with Gasteiger partial charge in [0.05, 0.1) is 0 Å². The standard InChI is InChI=1S/C40H30N2/c1-39(25-13-5-3-6-14-25)31-21-29-27-17-9-11-19-35(27)42-38(29)24-34(31)40(2,26-15-7-4-8-16-26)32-22-30-28-18-10-12-20-36(28)41-37(30)23-33(32)39/h3-24,41-42H,1-2H3. The lowest BCUT2D eigenvalue weighted by Crippen LogP contribution is -2.41. The zero-order chi connectivity index (χ0) is 28.1. The van der Waals surface area contributed by atoms with Crippen molar-refractivity contribution in [1.29, 1.82) is 0 Å². The molecule has 2 heterocycles. The van der Waals surface area contributed by atoms with Gasteiger partial charge in [-0.1, -0.05) is 97.1 Å². The van der Waals surface area contributed by atoms with Crippen LogP contribution in [0, 0.1) is 0 Å². The van der Waals surface area contributed by atoms with Crippen molar-refractivity contribution in [3.8, 4) is 0 Å². The van der Waals surface area contributed by atoms with Crippen LogP contribution < -0.4 is 0 Å². The molecule has 2 heteroatoms. The quantitative estimate of drug-likeness (QED) is 0.219. The van der Waals surface area contributed by atoms with Crippen molar-refractivity contribution < 1.29 is 0 Å². The van der Waals surface area contributed by atoms with E-state index >= 15 is 0 Å². The summed E-state index contributed by atoms with van der Waals surface area (Å²) in [5, 5.41) is 5.09. The maximum Gasteiger partial charge on any atom is 0.0468 e. The van der Waals surface area contributed by atoms with Gasteiger partial charge in [0, 0.05) is 54.4 Å². The topological polar surface area (TPSA) is 31.6 Å². The van der Waals surface area contributed by atoms with Crippen molar-refractivity contribution >= 4 is 43.6 Å². The summed E-state index contributed by atoms with van der Waals surface area (Å²) in [6.45, 7) is 4.86. The first-order valence-electron chi connectivity index (χ1n) is 14.8. The lowest BCUT2D eigenvalue weighted by molar-refractivity contribution is 0.570. The normalized spacial score (nSPS) is 19.9. The van der Waals surface area contributed by atoms with Crippen LogP contribution in [0.5, 0.6) is 0 Å². The number of nitrogens with one attached hydrogen (secondary N) is 2. The molecule has 2 atom stereocenters. The minimum Gasteiger partial charge on any atom is -0.355 e. The van der Waals surface area contributed by atoms with Crippen LogP contribution in [0.15, 0.2) is 133 Å². The van der Waals surface area contributed by atoms with Crippen LogP contribution in [-0.4, -0.2) is 9.97 Å². The van der Waals surface area contributed by atoms with Crippen LogP contribution in [0.2, 0.25) is 0 Å². The van der Waals surface area contributed by atoms with E-state index in [9.17, 15) is 0 Å². The molecule has 0 saturated heterocycles. The van der Waals surface area contributed by atoms with Crippen molar-refractivity contribution in [2.75, 3.05) is 0 Å². The highest BCUT2D eigenvalue weighted by molar-refractivity contribution is 6.10. The number of H-pyrrole nitrogens is 2. The largest absolute Gasteiger partial charge is 0.355 e. The average Bonchev–Trinajstić information content (AvgIpc) is 3.60. The summed E-state index contributed by atoms with van der Waals surface area (Å²) in [6.07, 6.45) is 0. The molecule has 0 saturated carbocycles. The molecule has 0 amide bonds. The molecule has 1 aliphatic rings. The molecule has 200 valence electrons. The molecule has 2 nitrogen and oxygen atoms in total. The maximum absolute atomic E-state index is 3.75. The third kappa shape index (κ3) is 2.94. The van der Waals surface area contributed by atoms with Crippen LogP contribution >= 0.6 is 0 Å². The molecule has 6 aromatic carbocycles. The number of hydrogen-bond donors (Lipinski definition) is 2. The van der Waals surface area contributed by atoms with E-state index in [1.807, 2.05) is 0 Å². The Morgan fingerprint density at radius 3 is 1.14 bits per heavy atom. The van der Waals surface area contributed by atoms with Gasteiger partial charge in [0.1, 0.15) is 0 Å². The van der Waals surface area contributed by atoms with Crippen molar-refractivity contribution in [2.24, 2.45) is 0 Å². The molecule has 2 unspecified atom stereocenters. The summed E-state index contributed by atoms with van der Waals surface area (Å²) < 4.78 is 0. The van der Waals surface area contributed by atoms with Crippen molar-refractivity contribution in [3.05, 3.63) is 167 Å². The highest BCUT2D eigenvalue weighted by atomic mass is 14.7. The van der Waals surface area contributed by atoms with Gasteiger partial charge in [-0.05, 0) is 83.6 Å². The fourth-order valence-corrected chi connectivity index (χ4v) is 7.91. The monoisotopic (exact) mass is 538 g/mol. The van der Waals surface area contributed by atoms with Gasteiger partial charge < -0.3 is 9.97 Å². The van der Waals surface area contributed by atoms with Crippen LogP contribution in [0.4, 0.5) is 0 Å². The summed E-state index contributed by atoms with van der Waals surface area (Å²) in [4.78, 5) is 7.51. The number of benzene rings is 6. The molecule has 0 radical (unpaired) electrons. The van der Waals surface area contributed by atoms with Crippen LogP contribution in [0.1, 0.15) is 47.2 Å². The van der Waals surface area contributed by atoms with E-state index in [0.29, 0.717) is 0 Å². The Hall–Kier alpha value is -5.08. The highest BCUT2D eigenvalue weighted by Gasteiger charge is 2.48. The zero-order valence-electron chi connectivity index (χ0n) is 23.7. The predicted octanol–water partition coefficient (Wildman–Crippen LogP) is 9.98. The maximum atomic E-state index is 3.75. The van der Waals surface area contributed by atoms with E-state index in [4.69, 9.17) is 0 Å². The van der Waals surface area contributed by atoms with E-state index < -0.39 is 0 Å². The van der Waals surface area contributed by atoms with Crippen molar-refractivity contribution in [1.82, 2.24) is 9.97 Å². The lowest BCUT2D eigenvalue weighted by Gasteiger charge is -2.47. The highest BCUT2D eigenvalue weighted by Crippen LogP contribution is 2.57. The zero-order valence-corrected chi connectivity index (χ0v) is 23.7. The average molecular weight is 539 g/mol. The van der Waals surface area contributed by atoms with Gasteiger partial charge >= 0.3 is 0 Å². The first kappa shape index (κ1) is 23.6. The smallest absolute Gasteiger partial charge is 0.0468 e. The van der Waals surface area contributed by atoms with Crippen LogP contribution in [0.25, 0.3) is 43.6 Å². The molecule has 0 spiro atoms. The number of rotatable bonds is 2. The molecule has 0 fully saturated rings. The number of aromatic nitrogens is 2. The lowest BCUT2D eigenvalue weighted by atomic mass is 9.55. The van der Waals surface area contributed by atoms with Gasteiger partial charge in [-0.2, -0.15) is 0 Å². The minimum atomic E-state index is -0.363. The molecule has 42 heavy (non-hydrogen) atoms. The third-order valence-electron chi connectivity index (χ3n) is 10.1. The van der Waals surface area contributed by atoms with Crippen LogP contribution in [-0.2, 0) is 10.8 Å². The Bertz CT molecular complexity index is 2160. The Morgan fingerprint density at radius 2 is 0.714 bits per heavy atom. The predicted molar refractivity (Wildman–Crippen MR) is 176 cm³/mol. The summed E-state index contributed by atoms with van der Waals surface area (Å²) in [5.41, 5.74) is 12.0. The van der Waals surface area contributed by atoms with E-state index in [1.165, 1.54) is 77.0 Å². The van der Waals surface area contributed by atoms with Crippen LogP contribution in [0.3, 0.4) is 0 Å². The SMILES string of the molecule is CC1(c2ccccc2)c2cc3[nH]c4ccccc4c3cc2C(C)(c2ccccc2)c2cc3[nH]c4ccccc4c3cc21. The van der Waals surface area contributed by atoms with Gasteiger partial charge in [-0.3, -0.25) is 0 Å². The third-order valence-corrected chi connectivity index (χ3v) is 10.1. The summed E-state index contributed by atoms with van der Waals surface area (Å²) >= 11 is 0. The van der Waals surface area contributed by atoms with E-state index in [2.05, 4.69) is 157 Å². The second-order valence-electron chi connectivity index (χ2n) is 12.2. The second kappa shape index (κ2) is 8.24. The Kier molecular flexibility index (Phi) is 4.63. The summed E-state index contributed by atoms with van der Waals surface area (Å²) in [7, 11) is 0. The summed E-state index contributed by atoms with van der Waals surface area (Å²) in [6, 6.07) is 49.4. The van der Waals surface area contributed by atoms with Crippen molar-refractivity contribution in [3.63, 3.8) is 0 Å². The molecule has 2 aromatic heterocycles. The first-order valence-corrected chi connectivity index (χ1v) is 14.8. The minimum absolute atomic E-state index is 0.363. The van der Waals surface area contributed by atoms with E-state index in [-0.39, 0.29) is 10.8 Å². The Labute approximate surface area is 244 Å². The van der Waals surface area contributed by atoms with Gasteiger partial charge in [0.2, 0.25) is 0 Å². The molecular formula is C40H30N2. The van der Waals surface area contributed by atoms with E-state index in [1.54, 1.807) is 0 Å². The van der Waals surface area contributed by atoms with Crippen molar-refractivity contribution in [2.45, 2.75) is 24.7 Å². The first-order chi connectivity index (χ1) is 20.6. The molecule has 0 bridgehead atoms.